The van der Waals surface area contributed by atoms with Gasteiger partial charge in [0, 0.05) is 54.6 Å². The minimum Gasteiger partial charge on any atom is -0.482 e. The number of rotatable bonds is 7. The van der Waals surface area contributed by atoms with Gasteiger partial charge in [-0.05, 0) is 32.9 Å². The first-order valence-corrected chi connectivity index (χ1v) is 12.3. The van der Waals surface area contributed by atoms with E-state index >= 15 is 0 Å². The van der Waals surface area contributed by atoms with E-state index in [1.165, 1.54) is 18.3 Å². The Labute approximate surface area is 220 Å². The number of nitrogens with zero attached hydrogens (tertiary/aromatic N) is 2. The molecule has 3 rings (SSSR count). The minimum atomic E-state index is -0.818. The van der Waals surface area contributed by atoms with Crippen LogP contribution in [0.15, 0.2) is 24.4 Å². The number of carbonyl (C=O) groups excluding carboxylic acids is 1. The monoisotopic (exact) mass is 537 g/mol. The number of ether oxygens (including phenoxy) is 2. The summed E-state index contributed by atoms with van der Waals surface area (Å²) in [6, 6.07) is 3.91. The van der Waals surface area contributed by atoms with Crippen molar-refractivity contribution in [1.29, 1.82) is 0 Å². The third kappa shape index (κ3) is 7.87. The van der Waals surface area contributed by atoms with Gasteiger partial charge in [0.15, 0.2) is 11.6 Å². The smallest absolute Gasteiger partial charge is 0.316 e. The average Bonchev–Trinajstić information content (AvgIpc) is 2.82. The Morgan fingerprint density at radius 3 is 2.81 bits per heavy atom. The largest absolute Gasteiger partial charge is 0.482 e. The van der Waals surface area contributed by atoms with Gasteiger partial charge in [-0.2, -0.15) is 0 Å². The summed E-state index contributed by atoms with van der Waals surface area (Å²) in [5.41, 5.74) is 5.98. The van der Waals surface area contributed by atoms with Crippen LogP contribution in [0.4, 0.5) is 15.0 Å². The van der Waals surface area contributed by atoms with E-state index in [9.17, 15) is 9.18 Å². The minimum absolute atomic E-state index is 0.117. The number of amides is 2. The normalized spacial score (nSPS) is 14.9. The van der Waals surface area contributed by atoms with Crippen LogP contribution in [0.3, 0.4) is 0 Å². The molecule has 0 spiro atoms. The number of morpholine rings is 1. The first-order valence-electron chi connectivity index (χ1n) is 11.5. The molecule has 4 N–H and O–H groups in total. The molecule has 0 aliphatic carbocycles. The fourth-order valence-corrected chi connectivity index (χ4v) is 4.20. The number of nitrogens with two attached hydrogens (primary N) is 1. The molecule has 1 aromatic carbocycles. The predicted molar refractivity (Wildman–Crippen MR) is 139 cm³/mol. The molecule has 36 heavy (non-hydrogen) atoms. The molecule has 0 saturated carbocycles. The molecule has 194 valence electrons. The molecule has 0 radical (unpaired) electrons. The topological polar surface area (TPSA) is 102 Å². The van der Waals surface area contributed by atoms with Gasteiger partial charge in [0.05, 0.1) is 23.8 Å². The number of nitrogen functional groups attached to an aromatic ring is 1. The van der Waals surface area contributed by atoms with Crippen LogP contribution < -0.4 is 21.1 Å². The van der Waals surface area contributed by atoms with Crippen molar-refractivity contribution < 1.29 is 18.7 Å². The summed E-state index contributed by atoms with van der Waals surface area (Å²) >= 11 is 12.3. The summed E-state index contributed by atoms with van der Waals surface area (Å²) in [6.07, 6.45) is 0.799. The number of carbonyl (C=O) groups is 1. The lowest BCUT2D eigenvalue weighted by atomic mass is 10.1. The van der Waals surface area contributed by atoms with Crippen molar-refractivity contribution in [3.05, 3.63) is 51.4 Å². The van der Waals surface area contributed by atoms with Gasteiger partial charge in [-0.3, -0.25) is 4.90 Å². The van der Waals surface area contributed by atoms with Crippen LogP contribution in [0.2, 0.25) is 10.0 Å². The molecule has 11 heteroatoms. The number of nitrogens with one attached hydrogen (secondary N) is 2. The molecule has 1 unspecified atom stereocenters. The second-order valence-corrected chi connectivity index (χ2v) is 9.62. The van der Waals surface area contributed by atoms with Crippen molar-refractivity contribution in [2.24, 2.45) is 0 Å². The van der Waals surface area contributed by atoms with E-state index in [1.807, 2.05) is 0 Å². The summed E-state index contributed by atoms with van der Waals surface area (Å²) in [6.45, 7) is 9.70. The van der Waals surface area contributed by atoms with Gasteiger partial charge in [-0.25, -0.2) is 14.2 Å². The van der Waals surface area contributed by atoms with E-state index in [1.54, 1.807) is 26.8 Å². The van der Waals surface area contributed by atoms with E-state index in [4.69, 9.17) is 38.4 Å². The quantitative estimate of drug-likeness (QED) is 0.364. The molecule has 2 amide bonds. The van der Waals surface area contributed by atoms with Crippen LogP contribution in [0, 0.1) is 17.7 Å². The van der Waals surface area contributed by atoms with Gasteiger partial charge in [0.1, 0.15) is 11.9 Å². The molecular formula is C25H30Cl2FN5O3. The highest BCUT2D eigenvalue weighted by Crippen LogP contribution is 2.35. The summed E-state index contributed by atoms with van der Waals surface area (Å²) in [5.74, 6) is 5.79. The fourth-order valence-electron chi connectivity index (χ4n) is 3.52. The Hall–Kier alpha value is -2.77. The summed E-state index contributed by atoms with van der Waals surface area (Å²) in [7, 11) is 0. The number of hydrogen-bond acceptors (Lipinski definition) is 6. The molecule has 1 aromatic heterocycles. The van der Waals surface area contributed by atoms with Crippen LogP contribution in [-0.2, 0) is 4.74 Å². The Kier molecular flexibility index (Phi) is 9.63. The highest BCUT2D eigenvalue weighted by Gasteiger charge is 2.21. The maximum absolute atomic E-state index is 13.9. The highest BCUT2D eigenvalue weighted by atomic mass is 35.5. The van der Waals surface area contributed by atoms with Crippen molar-refractivity contribution in [3.8, 4) is 17.6 Å². The third-order valence-corrected chi connectivity index (χ3v) is 6.15. The Bertz CT molecular complexity index is 1150. The summed E-state index contributed by atoms with van der Waals surface area (Å²) in [4.78, 5) is 18.7. The van der Waals surface area contributed by atoms with Crippen molar-refractivity contribution in [2.75, 3.05) is 45.1 Å². The zero-order valence-corrected chi connectivity index (χ0v) is 22.0. The van der Waals surface area contributed by atoms with E-state index in [2.05, 4.69) is 32.4 Å². The Morgan fingerprint density at radius 2 is 2.08 bits per heavy atom. The Balaban J connectivity index is 1.61. The highest BCUT2D eigenvalue weighted by molar-refractivity contribution is 6.36. The molecule has 1 fully saturated rings. The molecule has 2 aromatic rings. The molecule has 8 nitrogen and oxygen atoms in total. The van der Waals surface area contributed by atoms with Crippen LogP contribution in [0.1, 0.15) is 38.0 Å². The van der Waals surface area contributed by atoms with Gasteiger partial charge in [0.2, 0.25) is 0 Å². The number of anilines is 1. The predicted octanol–water partition coefficient (Wildman–Crippen LogP) is 4.01. The van der Waals surface area contributed by atoms with E-state index in [0.29, 0.717) is 30.9 Å². The van der Waals surface area contributed by atoms with Crippen LogP contribution in [-0.4, -0.2) is 60.8 Å². The second-order valence-electron chi connectivity index (χ2n) is 8.83. The van der Waals surface area contributed by atoms with Crippen LogP contribution in [0.5, 0.6) is 5.75 Å². The molecule has 1 atom stereocenters. The number of urea groups is 1. The number of benzene rings is 1. The number of hydrogen-bond donors (Lipinski definition) is 3. The third-order valence-electron chi connectivity index (χ3n) is 5.43. The first-order chi connectivity index (χ1) is 17.1. The van der Waals surface area contributed by atoms with Gasteiger partial charge in [-0.15, -0.1) is 0 Å². The average molecular weight is 538 g/mol. The lowest BCUT2D eigenvalue weighted by molar-refractivity contribution is 0.0387. The fraction of sp³-hybridized carbons (Fsp3) is 0.440. The van der Waals surface area contributed by atoms with Crippen molar-refractivity contribution in [2.45, 2.75) is 32.4 Å². The summed E-state index contributed by atoms with van der Waals surface area (Å²) in [5, 5.41) is 5.86. The molecule has 1 aliphatic heterocycles. The van der Waals surface area contributed by atoms with Gasteiger partial charge >= 0.3 is 6.03 Å². The van der Waals surface area contributed by atoms with Crippen LogP contribution in [0.25, 0.3) is 0 Å². The van der Waals surface area contributed by atoms with E-state index in [-0.39, 0.29) is 27.6 Å². The number of halogens is 3. The van der Waals surface area contributed by atoms with Gasteiger partial charge in [0.25, 0.3) is 0 Å². The Morgan fingerprint density at radius 1 is 1.36 bits per heavy atom. The van der Waals surface area contributed by atoms with E-state index in [0.717, 1.165) is 19.6 Å². The van der Waals surface area contributed by atoms with Crippen molar-refractivity contribution in [1.82, 2.24) is 20.5 Å². The van der Waals surface area contributed by atoms with Gasteiger partial charge < -0.3 is 25.8 Å². The standard InChI is InChI=1S/C25H30Cl2FN5O3/c1-16(21-18(26)4-5-19(28)22(21)27)36-20-14-17(15-31-23(20)29)6-7-25(2,3)32-24(34)30-8-9-33-10-12-35-13-11-33/h4-5,14-16H,8-13H2,1-3H3,(H2,29,31)(H2,30,32,34). The molecule has 1 aliphatic rings. The molecule has 0 bridgehead atoms. The van der Waals surface area contributed by atoms with Crippen LogP contribution >= 0.6 is 23.2 Å². The lowest BCUT2D eigenvalue weighted by Crippen LogP contribution is -2.49. The maximum atomic E-state index is 13.9. The zero-order chi connectivity index (χ0) is 26.3. The summed E-state index contributed by atoms with van der Waals surface area (Å²) < 4.78 is 25.1. The lowest BCUT2D eigenvalue weighted by Gasteiger charge is -2.27. The maximum Gasteiger partial charge on any atom is 0.316 e. The zero-order valence-electron chi connectivity index (χ0n) is 20.5. The van der Waals surface area contributed by atoms with Gasteiger partial charge in [-0.1, -0.05) is 35.0 Å². The van der Waals surface area contributed by atoms with Crippen molar-refractivity contribution in [3.63, 3.8) is 0 Å². The SMILES string of the molecule is CC(Oc1cc(C#CC(C)(C)NC(=O)NCCN2CCOCC2)cnc1N)c1c(Cl)ccc(F)c1Cl. The number of pyridine rings is 1. The number of aromatic nitrogens is 1. The van der Waals surface area contributed by atoms with Crippen molar-refractivity contribution >= 4 is 35.1 Å². The first kappa shape index (κ1) is 27.8. The second kappa shape index (κ2) is 12.5. The molecule has 2 heterocycles. The van der Waals surface area contributed by atoms with E-state index < -0.39 is 17.5 Å². The molecular weight excluding hydrogens is 508 g/mol. The molecule has 1 saturated heterocycles.